The van der Waals surface area contributed by atoms with Gasteiger partial charge in [-0.25, -0.2) is 4.98 Å². The fourth-order valence-electron chi connectivity index (χ4n) is 3.60. The second-order valence-electron chi connectivity index (χ2n) is 5.87. The van der Waals surface area contributed by atoms with Crippen LogP contribution >= 0.6 is 11.3 Å². The lowest BCUT2D eigenvalue weighted by Crippen LogP contribution is -2.52. The van der Waals surface area contributed by atoms with E-state index in [1.54, 1.807) is 18.4 Å². The van der Waals surface area contributed by atoms with Gasteiger partial charge in [0, 0.05) is 50.6 Å². The monoisotopic (exact) mass is 309 g/mol. The number of aromatic nitrogens is 1. The lowest BCUT2D eigenvalue weighted by molar-refractivity contribution is -0.138. The maximum Gasteiger partial charge on any atom is 0.223 e. The molecule has 21 heavy (non-hydrogen) atoms. The van der Waals surface area contributed by atoms with Crippen molar-refractivity contribution in [2.45, 2.75) is 44.8 Å². The number of amides is 1. The number of piperidine rings is 1. The summed E-state index contributed by atoms with van der Waals surface area (Å²) >= 11 is 1.71. The quantitative estimate of drug-likeness (QED) is 0.830. The molecule has 0 aliphatic carbocycles. The van der Waals surface area contributed by atoms with Crippen LogP contribution in [0.1, 0.15) is 30.0 Å². The number of hydrogen-bond acceptors (Lipinski definition) is 5. The molecule has 3 rings (SSSR count). The van der Waals surface area contributed by atoms with Crippen LogP contribution in [-0.2, 0) is 16.1 Å². The highest BCUT2D eigenvalue weighted by Gasteiger charge is 2.42. The van der Waals surface area contributed by atoms with Gasteiger partial charge < -0.3 is 9.64 Å². The van der Waals surface area contributed by atoms with Crippen molar-refractivity contribution < 1.29 is 9.53 Å². The van der Waals surface area contributed by atoms with E-state index in [-0.39, 0.29) is 0 Å². The first-order chi connectivity index (χ1) is 10.2. The SMILES string of the molecule is COCCN1C(=O)CC[C@@H]2[C@H]1CCN2Cc1csc(C)n1. The van der Waals surface area contributed by atoms with E-state index in [2.05, 4.69) is 15.3 Å². The van der Waals surface area contributed by atoms with Gasteiger partial charge in [-0.2, -0.15) is 0 Å². The van der Waals surface area contributed by atoms with Crippen molar-refractivity contribution in [1.29, 1.82) is 0 Å². The summed E-state index contributed by atoms with van der Waals surface area (Å²) in [6.07, 6.45) is 2.72. The van der Waals surface area contributed by atoms with Crippen LogP contribution in [0, 0.1) is 6.92 Å². The molecule has 2 saturated heterocycles. The summed E-state index contributed by atoms with van der Waals surface area (Å²) in [4.78, 5) is 21.3. The summed E-state index contributed by atoms with van der Waals surface area (Å²) in [5.41, 5.74) is 1.17. The molecule has 1 amide bonds. The first-order valence-electron chi connectivity index (χ1n) is 7.62. The summed E-state index contributed by atoms with van der Waals surface area (Å²) < 4.78 is 5.15. The highest BCUT2D eigenvalue weighted by atomic mass is 32.1. The molecular formula is C15H23N3O2S. The summed E-state index contributed by atoms with van der Waals surface area (Å²) in [7, 11) is 1.69. The van der Waals surface area contributed by atoms with Gasteiger partial charge in [-0.05, 0) is 19.8 Å². The molecule has 0 N–H and O–H groups in total. The maximum absolute atomic E-state index is 12.2. The minimum absolute atomic E-state index is 0.291. The van der Waals surface area contributed by atoms with Crippen molar-refractivity contribution >= 4 is 17.2 Å². The lowest BCUT2D eigenvalue weighted by atomic mass is 9.96. The minimum atomic E-state index is 0.291. The van der Waals surface area contributed by atoms with Crippen LogP contribution in [0.5, 0.6) is 0 Å². The van der Waals surface area contributed by atoms with Crippen molar-refractivity contribution in [2.24, 2.45) is 0 Å². The molecule has 5 nitrogen and oxygen atoms in total. The van der Waals surface area contributed by atoms with Crippen LogP contribution in [0.25, 0.3) is 0 Å². The van der Waals surface area contributed by atoms with Gasteiger partial charge in [0.1, 0.15) is 0 Å². The van der Waals surface area contributed by atoms with Gasteiger partial charge in [-0.3, -0.25) is 9.69 Å². The van der Waals surface area contributed by atoms with Crippen LogP contribution in [0.2, 0.25) is 0 Å². The molecule has 0 radical (unpaired) electrons. The second-order valence-corrected chi connectivity index (χ2v) is 6.93. The summed E-state index contributed by atoms with van der Waals surface area (Å²) in [5, 5.41) is 3.28. The Bertz CT molecular complexity index is 505. The number of carbonyl (C=O) groups is 1. The van der Waals surface area contributed by atoms with Gasteiger partial charge in [0.15, 0.2) is 0 Å². The van der Waals surface area contributed by atoms with Crippen molar-refractivity contribution in [1.82, 2.24) is 14.8 Å². The zero-order valence-corrected chi connectivity index (χ0v) is 13.6. The average Bonchev–Trinajstić information content (AvgIpc) is 3.05. The molecule has 1 aromatic rings. The molecule has 116 valence electrons. The number of thiazole rings is 1. The maximum atomic E-state index is 12.2. The summed E-state index contributed by atoms with van der Waals surface area (Å²) in [6.45, 7) is 5.37. The largest absolute Gasteiger partial charge is 0.383 e. The molecule has 0 saturated carbocycles. The number of hydrogen-bond donors (Lipinski definition) is 0. The molecule has 2 aliphatic rings. The number of nitrogens with zero attached hydrogens (tertiary/aromatic N) is 3. The van der Waals surface area contributed by atoms with E-state index in [9.17, 15) is 4.79 Å². The zero-order valence-electron chi connectivity index (χ0n) is 12.7. The van der Waals surface area contributed by atoms with Gasteiger partial charge in [0.2, 0.25) is 5.91 Å². The molecule has 0 bridgehead atoms. The van der Waals surface area contributed by atoms with Crippen LogP contribution in [0.4, 0.5) is 0 Å². The molecule has 2 atom stereocenters. The molecule has 6 heteroatoms. The number of carbonyl (C=O) groups excluding carboxylic acids is 1. The standard InChI is InChI=1S/C15H23N3O2S/c1-11-16-12(10-21-11)9-17-6-5-14-13(17)3-4-15(19)18(14)7-8-20-2/h10,13-14H,3-9H2,1-2H3/t13-,14-/m1/s1. The van der Waals surface area contributed by atoms with Crippen LogP contribution in [0.3, 0.4) is 0 Å². The van der Waals surface area contributed by atoms with Crippen LogP contribution < -0.4 is 0 Å². The van der Waals surface area contributed by atoms with Gasteiger partial charge in [0.25, 0.3) is 0 Å². The number of aryl methyl sites for hydroxylation is 1. The molecule has 2 fully saturated rings. The predicted octanol–water partition coefficient (Wildman–Crippen LogP) is 1.66. The molecule has 0 unspecified atom stereocenters. The van der Waals surface area contributed by atoms with Gasteiger partial charge in [-0.15, -0.1) is 11.3 Å². The Hall–Kier alpha value is -0.980. The Morgan fingerprint density at radius 1 is 1.43 bits per heavy atom. The number of rotatable bonds is 5. The van der Waals surface area contributed by atoms with Crippen molar-refractivity contribution in [3.05, 3.63) is 16.1 Å². The Kier molecular flexibility index (Phi) is 4.57. The third-order valence-corrected chi connectivity index (χ3v) is 5.39. The number of likely N-dealkylation sites (tertiary alicyclic amines) is 2. The van der Waals surface area contributed by atoms with Gasteiger partial charge in [-0.1, -0.05) is 0 Å². The van der Waals surface area contributed by atoms with E-state index in [0.717, 1.165) is 37.5 Å². The number of methoxy groups -OCH3 is 1. The third-order valence-electron chi connectivity index (χ3n) is 4.57. The highest BCUT2D eigenvalue weighted by molar-refractivity contribution is 7.09. The highest BCUT2D eigenvalue weighted by Crippen LogP contribution is 2.32. The first kappa shape index (κ1) is 14.9. The number of ether oxygens (including phenoxy) is 1. The Morgan fingerprint density at radius 2 is 2.29 bits per heavy atom. The second kappa shape index (κ2) is 6.42. The zero-order chi connectivity index (χ0) is 14.8. The van der Waals surface area contributed by atoms with Crippen molar-refractivity contribution in [3.63, 3.8) is 0 Å². The van der Waals surface area contributed by atoms with E-state index < -0.39 is 0 Å². The van der Waals surface area contributed by atoms with Gasteiger partial charge >= 0.3 is 0 Å². The third kappa shape index (κ3) is 3.12. The molecular weight excluding hydrogens is 286 g/mol. The Morgan fingerprint density at radius 3 is 3.00 bits per heavy atom. The predicted molar refractivity (Wildman–Crippen MR) is 82.3 cm³/mol. The molecule has 1 aromatic heterocycles. The smallest absolute Gasteiger partial charge is 0.223 e. The molecule has 0 spiro atoms. The summed E-state index contributed by atoms with van der Waals surface area (Å²) in [6, 6.07) is 0.850. The normalized spacial score (nSPS) is 26.4. The summed E-state index contributed by atoms with van der Waals surface area (Å²) in [5.74, 6) is 0.291. The van der Waals surface area contributed by atoms with E-state index in [1.807, 2.05) is 11.8 Å². The van der Waals surface area contributed by atoms with E-state index in [1.165, 1.54) is 5.69 Å². The van der Waals surface area contributed by atoms with Crippen molar-refractivity contribution in [2.75, 3.05) is 26.8 Å². The van der Waals surface area contributed by atoms with E-state index in [0.29, 0.717) is 31.0 Å². The molecule has 2 aliphatic heterocycles. The lowest BCUT2D eigenvalue weighted by Gasteiger charge is -2.39. The molecule has 0 aromatic carbocycles. The van der Waals surface area contributed by atoms with Crippen LogP contribution in [-0.4, -0.2) is 59.6 Å². The van der Waals surface area contributed by atoms with E-state index >= 15 is 0 Å². The van der Waals surface area contributed by atoms with Gasteiger partial charge in [0.05, 0.1) is 17.3 Å². The Balaban J connectivity index is 1.67. The number of fused-ring (bicyclic) bond motifs is 1. The first-order valence-corrected chi connectivity index (χ1v) is 8.50. The van der Waals surface area contributed by atoms with Crippen LogP contribution in [0.15, 0.2) is 5.38 Å². The molecule has 3 heterocycles. The van der Waals surface area contributed by atoms with Crippen molar-refractivity contribution in [3.8, 4) is 0 Å². The minimum Gasteiger partial charge on any atom is -0.383 e. The fourth-order valence-corrected chi connectivity index (χ4v) is 4.21. The van der Waals surface area contributed by atoms with E-state index in [4.69, 9.17) is 4.74 Å². The Labute approximate surface area is 129 Å². The fraction of sp³-hybridized carbons (Fsp3) is 0.733. The average molecular weight is 309 g/mol. The topological polar surface area (TPSA) is 45.7 Å².